The standard InChI is InChI=1S/C38H38F4N10O3/c1-4-33(24(2)53)51-36(55)50(23-44-51)30-13-11-29(12-14-30)49-19-17-48(18-20-49)28-9-5-25(6-10-28)26-7-16-34(43-22-26)38(41,42)37(3,52-35(54)45-46-47-52)31-15-8-27(39)21-32(31)40/h5-16,21-24,33,53H,4,17-20H2,1-3H3,(H,45,47,54)/t24?,33?,37-/m1/s1. The van der Waals surface area contributed by atoms with Gasteiger partial charge in [-0.3, -0.25) is 4.98 Å². The number of hydrogen-bond acceptors (Lipinski definition) is 9. The number of aromatic amines is 1. The molecule has 3 aromatic carbocycles. The van der Waals surface area contributed by atoms with Gasteiger partial charge in [0.15, 0.2) is 5.54 Å². The number of aliphatic hydroxyl groups is 1. The van der Waals surface area contributed by atoms with E-state index in [2.05, 4.69) is 30.3 Å². The smallest absolute Gasteiger partial charge is 0.362 e. The van der Waals surface area contributed by atoms with Gasteiger partial charge in [0.2, 0.25) is 0 Å². The van der Waals surface area contributed by atoms with E-state index in [1.165, 1.54) is 27.8 Å². The largest absolute Gasteiger partial charge is 0.391 e. The molecule has 55 heavy (non-hydrogen) atoms. The van der Waals surface area contributed by atoms with Crippen molar-refractivity contribution in [1.29, 1.82) is 0 Å². The van der Waals surface area contributed by atoms with Crippen LogP contribution < -0.4 is 21.2 Å². The second-order valence-corrected chi connectivity index (χ2v) is 13.6. The first-order valence-electron chi connectivity index (χ1n) is 17.7. The summed E-state index contributed by atoms with van der Waals surface area (Å²) in [6.07, 6.45) is 2.61. The minimum absolute atomic E-state index is 0.308. The highest BCUT2D eigenvalue weighted by Crippen LogP contribution is 2.47. The van der Waals surface area contributed by atoms with Crippen LogP contribution in [0.3, 0.4) is 0 Å². The maximum absolute atomic E-state index is 16.4. The SMILES string of the molecule is CCC(C(C)O)n1ncn(-c2ccc(N3CCN(c4ccc(-c5ccc(C(F)(F)[C@@](C)(c6ccc(F)cc6F)n6nn[nH]c6=O)nc5)cc4)CC3)cc2)c1=O. The first kappa shape index (κ1) is 37.2. The highest BCUT2D eigenvalue weighted by molar-refractivity contribution is 5.66. The fourth-order valence-corrected chi connectivity index (χ4v) is 7.14. The Hall–Kier alpha value is -6.10. The van der Waals surface area contributed by atoms with Crippen molar-refractivity contribution in [1.82, 2.24) is 39.5 Å². The van der Waals surface area contributed by atoms with Crippen LogP contribution in [0, 0.1) is 11.6 Å². The van der Waals surface area contributed by atoms with Crippen molar-refractivity contribution >= 4 is 11.4 Å². The summed E-state index contributed by atoms with van der Waals surface area (Å²) in [5, 5.41) is 23.0. The van der Waals surface area contributed by atoms with Gasteiger partial charge in [0, 0.05) is 60.9 Å². The first-order valence-corrected chi connectivity index (χ1v) is 17.7. The summed E-state index contributed by atoms with van der Waals surface area (Å²) in [6.45, 7) is 7.47. The van der Waals surface area contributed by atoms with Crippen LogP contribution in [0.25, 0.3) is 16.8 Å². The zero-order chi connectivity index (χ0) is 39.1. The number of anilines is 2. The van der Waals surface area contributed by atoms with Crippen LogP contribution in [0.5, 0.6) is 0 Å². The molecule has 17 heteroatoms. The number of nitrogens with one attached hydrogen (secondary N) is 1. The normalized spacial score (nSPS) is 15.9. The third-order valence-corrected chi connectivity index (χ3v) is 10.4. The lowest BCUT2D eigenvalue weighted by Crippen LogP contribution is -2.52. The van der Waals surface area contributed by atoms with E-state index in [1.807, 2.05) is 60.6 Å². The molecule has 0 spiro atoms. The molecule has 1 fully saturated rings. The second-order valence-electron chi connectivity index (χ2n) is 13.6. The van der Waals surface area contributed by atoms with E-state index in [-0.39, 0.29) is 5.69 Å². The van der Waals surface area contributed by atoms with Crippen LogP contribution in [-0.2, 0) is 11.5 Å². The Labute approximate surface area is 312 Å². The number of halogens is 4. The average Bonchev–Trinajstić information content (AvgIpc) is 3.80. The van der Waals surface area contributed by atoms with E-state index in [4.69, 9.17) is 0 Å². The van der Waals surface area contributed by atoms with Gasteiger partial charge in [-0.1, -0.05) is 31.2 Å². The van der Waals surface area contributed by atoms with Crippen molar-refractivity contribution in [3.8, 4) is 16.8 Å². The number of tetrazole rings is 1. The fraction of sp³-hybridized carbons (Fsp3) is 0.316. The van der Waals surface area contributed by atoms with Crippen LogP contribution in [0.15, 0.2) is 101 Å². The summed E-state index contributed by atoms with van der Waals surface area (Å²) in [7, 11) is 0. The van der Waals surface area contributed by atoms with Gasteiger partial charge < -0.3 is 14.9 Å². The van der Waals surface area contributed by atoms with Gasteiger partial charge in [0.05, 0.1) is 17.8 Å². The quantitative estimate of drug-likeness (QED) is 0.177. The molecule has 3 atom stereocenters. The first-order chi connectivity index (χ1) is 26.3. The Morgan fingerprint density at radius 1 is 0.855 bits per heavy atom. The number of H-pyrrole nitrogens is 1. The van der Waals surface area contributed by atoms with Crippen LogP contribution in [-0.4, -0.2) is 76.9 Å². The number of rotatable bonds is 11. The Morgan fingerprint density at radius 3 is 1.98 bits per heavy atom. The van der Waals surface area contributed by atoms with E-state index >= 15 is 8.78 Å². The molecule has 2 N–H and O–H groups in total. The molecule has 0 bridgehead atoms. The molecule has 1 saturated heterocycles. The van der Waals surface area contributed by atoms with Gasteiger partial charge in [-0.05, 0) is 84.8 Å². The van der Waals surface area contributed by atoms with Gasteiger partial charge in [-0.2, -0.15) is 18.6 Å². The van der Waals surface area contributed by atoms with Crippen molar-refractivity contribution in [3.05, 3.63) is 135 Å². The second kappa shape index (κ2) is 14.6. The third kappa shape index (κ3) is 6.68. The summed E-state index contributed by atoms with van der Waals surface area (Å²) < 4.78 is 64.7. The highest BCUT2D eigenvalue weighted by atomic mass is 19.3. The number of piperazine rings is 1. The summed E-state index contributed by atoms with van der Waals surface area (Å²) in [4.78, 5) is 34.0. The molecular weight excluding hydrogens is 720 g/mol. The number of pyridine rings is 1. The molecule has 6 aromatic rings. The number of aliphatic hydroxyl groups excluding tert-OH is 1. The van der Waals surface area contributed by atoms with Crippen molar-refractivity contribution in [3.63, 3.8) is 0 Å². The van der Waals surface area contributed by atoms with E-state index < -0.39 is 52.2 Å². The van der Waals surface area contributed by atoms with Crippen LogP contribution in [0.1, 0.15) is 44.5 Å². The Morgan fingerprint density at radius 2 is 1.45 bits per heavy atom. The molecule has 13 nitrogen and oxygen atoms in total. The number of benzene rings is 3. The molecule has 0 saturated carbocycles. The summed E-state index contributed by atoms with van der Waals surface area (Å²) in [5.74, 6) is -6.27. The number of hydrogen-bond donors (Lipinski definition) is 2. The number of aromatic nitrogens is 8. The molecule has 1 aliphatic rings. The Balaban J connectivity index is 1.02. The lowest BCUT2D eigenvalue weighted by atomic mass is 9.83. The molecule has 3 aromatic heterocycles. The fourth-order valence-electron chi connectivity index (χ4n) is 7.14. The van der Waals surface area contributed by atoms with Crippen molar-refractivity contribution in [2.24, 2.45) is 0 Å². The molecule has 2 unspecified atom stereocenters. The minimum atomic E-state index is -4.01. The van der Waals surface area contributed by atoms with Gasteiger partial charge in [-0.25, -0.2) is 32.7 Å². The minimum Gasteiger partial charge on any atom is -0.391 e. The lowest BCUT2D eigenvalue weighted by molar-refractivity contribution is -0.104. The van der Waals surface area contributed by atoms with E-state index in [0.717, 1.165) is 68.2 Å². The highest BCUT2D eigenvalue weighted by Gasteiger charge is 2.58. The summed E-state index contributed by atoms with van der Waals surface area (Å²) in [6, 6.07) is 19.6. The third-order valence-electron chi connectivity index (χ3n) is 10.4. The summed E-state index contributed by atoms with van der Waals surface area (Å²) in [5.41, 5.74) is -1.65. The molecule has 0 amide bonds. The lowest BCUT2D eigenvalue weighted by Gasteiger charge is -2.37. The van der Waals surface area contributed by atoms with Gasteiger partial charge in [0.25, 0.3) is 0 Å². The van der Waals surface area contributed by atoms with Gasteiger partial charge >= 0.3 is 17.3 Å². The summed E-state index contributed by atoms with van der Waals surface area (Å²) >= 11 is 0. The van der Waals surface area contributed by atoms with Gasteiger partial charge in [0.1, 0.15) is 23.7 Å². The number of nitrogens with zero attached hydrogens (tertiary/aromatic N) is 9. The topological polar surface area (TPSA) is 143 Å². The Kier molecular flexibility index (Phi) is 9.89. The average molecular weight is 759 g/mol. The monoisotopic (exact) mass is 758 g/mol. The molecular formula is C38H38F4N10O3. The zero-order valence-corrected chi connectivity index (χ0v) is 30.2. The molecule has 1 aliphatic heterocycles. The molecule has 0 radical (unpaired) electrons. The zero-order valence-electron chi connectivity index (χ0n) is 30.2. The van der Waals surface area contributed by atoms with Gasteiger partial charge in [-0.15, -0.1) is 0 Å². The molecule has 7 rings (SSSR count). The van der Waals surface area contributed by atoms with Crippen molar-refractivity contribution < 1.29 is 22.7 Å². The van der Waals surface area contributed by atoms with Crippen molar-refractivity contribution in [2.75, 3.05) is 36.0 Å². The molecule has 0 aliphatic carbocycles. The molecule has 286 valence electrons. The van der Waals surface area contributed by atoms with E-state index in [9.17, 15) is 23.5 Å². The van der Waals surface area contributed by atoms with E-state index in [1.54, 1.807) is 6.92 Å². The van der Waals surface area contributed by atoms with E-state index in [0.29, 0.717) is 28.4 Å². The molecule has 4 heterocycles. The van der Waals surface area contributed by atoms with Crippen LogP contribution in [0.4, 0.5) is 28.9 Å². The predicted octanol–water partition coefficient (Wildman–Crippen LogP) is 4.87. The maximum atomic E-state index is 16.4. The number of alkyl halides is 2. The Bertz CT molecular complexity index is 2380. The predicted molar refractivity (Wildman–Crippen MR) is 197 cm³/mol. The maximum Gasteiger partial charge on any atom is 0.362 e. The van der Waals surface area contributed by atoms with Crippen LogP contribution >= 0.6 is 0 Å². The van der Waals surface area contributed by atoms with Crippen LogP contribution in [0.2, 0.25) is 0 Å². The van der Waals surface area contributed by atoms with Crippen molar-refractivity contribution in [2.45, 2.75) is 50.8 Å².